The van der Waals surface area contributed by atoms with E-state index in [1.54, 1.807) is 0 Å². The topological polar surface area (TPSA) is 54.4 Å². The van der Waals surface area contributed by atoms with Crippen molar-refractivity contribution in [1.29, 1.82) is 0 Å². The maximum absolute atomic E-state index is 12.5. The van der Waals surface area contributed by atoms with E-state index in [1.807, 2.05) is 6.92 Å². The van der Waals surface area contributed by atoms with Crippen molar-refractivity contribution in [2.75, 3.05) is 0 Å². The second-order valence-electron chi connectivity index (χ2n) is 4.82. The third-order valence-electron chi connectivity index (χ3n) is 3.14. The fourth-order valence-corrected chi connectivity index (χ4v) is 2.03. The number of aromatic carboxylic acids is 1. The standard InChI is InChI=1S/C15H17F3O3/c1-2-3-4-5-6-10-7-8-11(14(20)21)12(9-10)13(19)15(16,17)18/h7-9H,2-6H2,1H3,(H,20,21). The molecule has 6 heteroatoms. The normalized spacial score (nSPS) is 11.4. The van der Waals surface area contributed by atoms with Gasteiger partial charge in [0.15, 0.2) is 0 Å². The van der Waals surface area contributed by atoms with Crippen LogP contribution in [0.2, 0.25) is 0 Å². The first-order valence-electron chi connectivity index (χ1n) is 6.75. The van der Waals surface area contributed by atoms with Gasteiger partial charge in [0, 0.05) is 5.56 Å². The first kappa shape index (κ1) is 17.2. The highest BCUT2D eigenvalue weighted by atomic mass is 19.4. The molecule has 3 nitrogen and oxygen atoms in total. The predicted octanol–water partition coefficient (Wildman–Crippen LogP) is 4.25. The van der Waals surface area contributed by atoms with Crippen molar-refractivity contribution >= 4 is 11.8 Å². The molecule has 0 radical (unpaired) electrons. The number of ketones is 1. The SMILES string of the molecule is CCCCCCc1ccc(C(=O)O)c(C(=O)C(F)(F)F)c1. The van der Waals surface area contributed by atoms with E-state index in [9.17, 15) is 22.8 Å². The summed E-state index contributed by atoms with van der Waals surface area (Å²) in [5, 5.41) is 8.90. The first-order valence-corrected chi connectivity index (χ1v) is 6.75. The summed E-state index contributed by atoms with van der Waals surface area (Å²) < 4.78 is 37.6. The Bertz CT molecular complexity index is 521. The molecule has 0 heterocycles. The maximum Gasteiger partial charge on any atom is 0.454 e. The monoisotopic (exact) mass is 302 g/mol. The smallest absolute Gasteiger partial charge is 0.454 e. The van der Waals surface area contributed by atoms with Crippen LogP contribution in [-0.2, 0) is 6.42 Å². The summed E-state index contributed by atoms with van der Waals surface area (Å²) in [7, 11) is 0. The van der Waals surface area contributed by atoms with Gasteiger partial charge in [0.1, 0.15) is 0 Å². The van der Waals surface area contributed by atoms with Gasteiger partial charge in [-0.15, -0.1) is 0 Å². The highest BCUT2D eigenvalue weighted by Gasteiger charge is 2.41. The van der Waals surface area contributed by atoms with Crippen LogP contribution in [0.25, 0.3) is 0 Å². The summed E-state index contributed by atoms with van der Waals surface area (Å²) in [4.78, 5) is 22.3. The number of unbranched alkanes of at least 4 members (excludes halogenated alkanes) is 3. The average Bonchev–Trinajstić information content (AvgIpc) is 2.41. The number of hydrogen-bond acceptors (Lipinski definition) is 2. The second kappa shape index (κ2) is 7.24. The van der Waals surface area contributed by atoms with Crippen molar-refractivity contribution in [3.63, 3.8) is 0 Å². The van der Waals surface area contributed by atoms with Crippen LogP contribution >= 0.6 is 0 Å². The van der Waals surface area contributed by atoms with Crippen molar-refractivity contribution in [2.24, 2.45) is 0 Å². The molecule has 1 aromatic carbocycles. The number of benzene rings is 1. The third kappa shape index (κ3) is 4.88. The molecule has 0 unspecified atom stereocenters. The predicted molar refractivity (Wildman–Crippen MR) is 71.6 cm³/mol. The zero-order chi connectivity index (χ0) is 16.0. The van der Waals surface area contributed by atoms with Gasteiger partial charge in [-0.3, -0.25) is 4.79 Å². The molecule has 0 aromatic heterocycles. The first-order chi connectivity index (χ1) is 9.77. The van der Waals surface area contributed by atoms with Gasteiger partial charge in [-0.05, 0) is 30.5 Å². The Morgan fingerprint density at radius 2 is 1.76 bits per heavy atom. The third-order valence-corrected chi connectivity index (χ3v) is 3.14. The van der Waals surface area contributed by atoms with E-state index in [4.69, 9.17) is 5.11 Å². The van der Waals surface area contributed by atoms with Crippen LogP contribution in [0, 0.1) is 0 Å². The van der Waals surface area contributed by atoms with Crippen molar-refractivity contribution in [3.8, 4) is 0 Å². The van der Waals surface area contributed by atoms with Crippen molar-refractivity contribution in [2.45, 2.75) is 45.2 Å². The number of hydrogen-bond donors (Lipinski definition) is 1. The fourth-order valence-electron chi connectivity index (χ4n) is 2.03. The zero-order valence-corrected chi connectivity index (χ0v) is 11.7. The largest absolute Gasteiger partial charge is 0.478 e. The molecule has 0 bridgehead atoms. The number of halogens is 3. The Kier molecular flexibility index (Phi) is 5.93. The molecule has 0 amide bonds. The Morgan fingerprint density at radius 1 is 1.10 bits per heavy atom. The summed E-state index contributed by atoms with van der Waals surface area (Å²) in [5.41, 5.74) is -0.860. The van der Waals surface area contributed by atoms with E-state index in [0.717, 1.165) is 37.8 Å². The lowest BCUT2D eigenvalue weighted by Gasteiger charge is -2.10. The van der Waals surface area contributed by atoms with E-state index in [1.165, 1.54) is 6.07 Å². The number of carbonyl (C=O) groups is 2. The Morgan fingerprint density at radius 3 is 2.29 bits per heavy atom. The van der Waals surface area contributed by atoms with Crippen LogP contribution in [-0.4, -0.2) is 23.0 Å². The van der Waals surface area contributed by atoms with E-state index < -0.39 is 29.1 Å². The molecule has 1 aromatic rings. The van der Waals surface area contributed by atoms with E-state index in [0.29, 0.717) is 12.0 Å². The lowest BCUT2D eigenvalue weighted by atomic mass is 9.97. The number of carbonyl (C=O) groups excluding carboxylic acids is 1. The van der Waals surface area contributed by atoms with Crippen LogP contribution in [0.5, 0.6) is 0 Å². The minimum Gasteiger partial charge on any atom is -0.478 e. The van der Waals surface area contributed by atoms with Crippen molar-refractivity contribution in [3.05, 3.63) is 34.9 Å². The summed E-state index contributed by atoms with van der Waals surface area (Å²) in [6.07, 6.45) is -0.750. The van der Waals surface area contributed by atoms with E-state index >= 15 is 0 Å². The van der Waals surface area contributed by atoms with Gasteiger partial charge >= 0.3 is 12.1 Å². The lowest BCUT2D eigenvalue weighted by Crippen LogP contribution is -2.25. The van der Waals surface area contributed by atoms with Gasteiger partial charge in [0.25, 0.3) is 5.78 Å². The van der Waals surface area contributed by atoms with Crippen molar-refractivity contribution in [1.82, 2.24) is 0 Å². The second-order valence-corrected chi connectivity index (χ2v) is 4.82. The molecule has 0 aliphatic carbocycles. The molecular weight excluding hydrogens is 285 g/mol. The molecule has 0 saturated heterocycles. The summed E-state index contributed by atoms with van der Waals surface area (Å²) in [5.74, 6) is -3.66. The van der Waals surface area contributed by atoms with Crippen LogP contribution in [0.3, 0.4) is 0 Å². The van der Waals surface area contributed by atoms with E-state index in [2.05, 4.69) is 0 Å². The molecule has 0 spiro atoms. The van der Waals surface area contributed by atoms with Crippen LogP contribution in [0.15, 0.2) is 18.2 Å². The number of rotatable bonds is 7. The van der Waals surface area contributed by atoms with Crippen LogP contribution < -0.4 is 0 Å². The highest BCUT2D eigenvalue weighted by Crippen LogP contribution is 2.25. The number of alkyl halides is 3. The maximum atomic E-state index is 12.5. The minimum atomic E-state index is -5.08. The molecule has 0 atom stereocenters. The quantitative estimate of drug-likeness (QED) is 0.605. The summed E-state index contributed by atoms with van der Waals surface area (Å²) in [6.45, 7) is 2.04. The summed E-state index contributed by atoms with van der Waals surface area (Å²) >= 11 is 0. The van der Waals surface area contributed by atoms with E-state index in [-0.39, 0.29) is 0 Å². The van der Waals surface area contributed by atoms with Crippen molar-refractivity contribution < 1.29 is 27.9 Å². The van der Waals surface area contributed by atoms with Gasteiger partial charge in [0.2, 0.25) is 0 Å². The highest BCUT2D eigenvalue weighted by molar-refractivity contribution is 6.08. The van der Waals surface area contributed by atoms with Gasteiger partial charge < -0.3 is 5.11 Å². The molecule has 1 N–H and O–H groups in total. The number of carboxylic acids is 1. The number of aryl methyl sites for hydroxylation is 1. The Balaban J connectivity index is 3.01. The average molecular weight is 302 g/mol. The fraction of sp³-hybridized carbons (Fsp3) is 0.467. The Hall–Kier alpha value is -1.85. The molecule has 0 fully saturated rings. The minimum absolute atomic E-state index is 0.526. The Labute approximate surface area is 120 Å². The molecule has 1 rings (SSSR count). The molecule has 0 saturated carbocycles. The molecule has 0 aliphatic heterocycles. The van der Waals surface area contributed by atoms with Gasteiger partial charge in [-0.2, -0.15) is 13.2 Å². The van der Waals surface area contributed by atoms with Gasteiger partial charge in [-0.1, -0.05) is 32.3 Å². The van der Waals surface area contributed by atoms with Crippen LogP contribution in [0.1, 0.15) is 58.9 Å². The van der Waals surface area contributed by atoms with Crippen LogP contribution in [0.4, 0.5) is 13.2 Å². The summed E-state index contributed by atoms with van der Waals surface area (Å²) in [6, 6.07) is 3.57. The number of carboxylic acid groups (broad SMARTS) is 1. The number of Topliss-reactive ketones (excluding diaryl/α,β-unsaturated/α-hetero) is 1. The molecule has 0 aliphatic rings. The lowest BCUT2D eigenvalue weighted by molar-refractivity contribution is -0.0885. The van der Waals surface area contributed by atoms with Gasteiger partial charge in [-0.25, -0.2) is 4.79 Å². The molecule has 116 valence electrons. The van der Waals surface area contributed by atoms with Gasteiger partial charge in [0.05, 0.1) is 5.56 Å². The zero-order valence-electron chi connectivity index (χ0n) is 11.7. The molecular formula is C15H17F3O3. The molecule has 21 heavy (non-hydrogen) atoms.